The highest BCUT2D eigenvalue weighted by Crippen LogP contribution is 2.36. The fourth-order valence-electron chi connectivity index (χ4n) is 4.57. The van der Waals surface area contributed by atoms with Crippen LogP contribution in [-0.4, -0.2) is 39.2 Å². The highest BCUT2D eigenvalue weighted by Gasteiger charge is 2.37. The first-order chi connectivity index (χ1) is 17.9. The van der Waals surface area contributed by atoms with Crippen LogP contribution in [0.4, 0.5) is 0 Å². The molecule has 184 valence electrons. The zero-order valence-corrected chi connectivity index (χ0v) is 19.2. The lowest BCUT2D eigenvalue weighted by molar-refractivity contribution is -0.172. The molecule has 0 bridgehead atoms. The number of carbonyl (C=O) groups excluding carboxylic acids is 2. The van der Waals surface area contributed by atoms with Crippen molar-refractivity contribution in [1.29, 1.82) is 0 Å². The predicted octanol–water partition coefficient (Wildman–Crippen LogP) is 2.84. The molecule has 0 radical (unpaired) electrons. The number of carboxylic acids is 1. The third-order valence-corrected chi connectivity index (χ3v) is 6.37. The number of carbonyl (C=O) groups is 3. The normalized spacial score (nSPS) is 15.4. The van der Waals surface area contributed by atoms with Crippen LogP contribution in [-0.2, 0) is 32.2 Å². The minimum absolute atomic E-state index is 0.0689. The van der Waals surface area contributed by atoms with Crippen LogP contribution in [0.25, 0.3) is 22.3 Å². The first-order valence-electron chi connectivity index (χ1n) is 11.4. The van der Waals surface area contributed by atoms with E-state index in [2.05, 4.69) is 0 Å². The van der Waals surface area contributed by atoms with E-state index in [1.165, 1.54) is 24.3 Å². The molecule has 2 aromatic carbocycles. The van der Waals surface area contributed by atoms with Crippen LogP contribution >= 0.6 is 0 Å². The Morgan fingerprint density at radius 1 is 1.08 bits per heavy atom. The van der Waals surface area contributed by atoms with Gasteiger partial charge in [0.1, 0.15) is 12.4 Å². The first-order valence-corrected chi connectivity index (χ1v) is 11.4. The maximum Gasteiger partial charge on any atom is 0.352 e. The standard InChI is InChI=1S/C27H18N2O8/c30-22(13-35-17-7-5-14(6-8-17)26(32)33)37-24-18-10-21-23-16(9-15-3-1-2-4-20(15)28-23)11-29(21)25(31)19(18)12-36-27(24)34/h1-10,24H,11-13H2,(H,32,33)/t24-/m0/s1. The van der Waals surface area contributed by atoms with Crippen LogP contribution in [0.15, 0.2) is 65.5 Å². The van der Waals surface area contributed by atoms with Crippen molar-refractivity contribution in [3.63, 3.8) is 0 Å². The van der Waals surface area contributed by atoms with E-state index in [0.717, 1.165) is 16.5 Å². The zero-order chi connectivity index (χ0) is 25.7. The molecule has 2 aromatic heterocycles. The lowest BCUT2D eigenvalue weighted by Gasteiger charge is -2.25. The van der Waals surface area contributed by atoms with Crippen molar-refractivity contribution in [2.45, 2.75) is 19.3 Å². The van der Waals surface area contributed by atoms with E-state index >= 15 is 0 Å². The molecule has 0 spiro atoms. The quantitative estimate of drug-likeness (QED) is 0.363. The van der Waals surface area contributed by atoms with Gasteiger partial charge in [-0.1, -0.05) is 18.2 Å². The molecule has 4 aromatic rings. The van der Waals surface area contributed by atoms with E-state index in [0.29, 0.717) is 17.9 Å². The molecule has 2 aliphatic rings. The Morgan fingerprint density at radius 3 is 2.65 bits per heavy atom. The Kier molecular flexibility index (Phi) is 5.22. The average molecular weight is 498 g/mol. The van der Waals surface area contributed by atoms with Gasteiger partial charge in [0.15, 0.2) is 6.61 Å². The number of carboxylic acid groups (broad SMARTS) is 1. The fraction of sp³-hybridized carbons (Fsp3) is 0.148. The van der Waals surface area contributed by atoms with Crippen molar-refractivity contribution < 1.29 is 33.7 Å². The molecule has 1 atom stereocenters. The topological polar surface area (TPSA) is 134 Å². The summed E-state index contributed by atoms with van der Waals surface area (Å²) in [4.78, 5) is 54.1. The highest BCUT2D eigenvalue weighted by molar-refractivity contribution is 5.88. The van der Waals surface area contributed by atoms with Crippen molar-refractivity contribution in [2.75, 3.05) is 6.61 Å². The number of aromatic carboxylic acids is 1. The van der Waals surface area contributed by atoms with Crippen LogP contribution in [0.2, 0.25) is 0 Å². The van der Waals surface area contributed by atoms with Crippen LogP contribution in [0.1, 0.15) is 33.2 Å². The van der Waals surface area contributed by atoms with E-state index in [1.807, 2.05) is 30.3 Å². The third-order valence-electron chi connectivity index (χ3n) is 6.37. The summed E-state index contributed by atoms with van der Waals surface area (Å²) in [6.07, 6.45) is -1.43. The second-order valence-electron chi connectivity index (χ2n) is 8.64. The number of hydrogen-bond acceptors (Lipinski definition) is 8. The van der Waals surface area contributed by atoms with Gasteiger partial charge in [0, 0.05) is 16.5 Å². The molecule has 2 aliphatic heterocycles. The van der Waals surface area contributed by atoms with Gasteiger partial charge in [-0.2, -0.15) is 0 Å². The van der Waals surface area contributed by atoms with Crippen molar-refractivity contribution in [3.8, 4) is 17.1 Å². The number of para-hydroxylation sites is 1. The summed E-state index contributed by atoms with van der Waals surface area (Å²) < 4.78 is 17.5. The summed E-state index contributed by atoms with van der Waals surface area (Å²) in [5.74, 6) is -2.49. The highest BCUT2D eigenvalue weighted by atomic mass is 16.6. The average Bonchev–Trinajstić information content (AvgIpc) is 3.26. The number of ether oxygens (including phenoxy) is 3. The molecule has 37 heavy (non-hydrogen) atoms. The van der Waals surface area contributed by atoms with Gasteiger partial charge in [-0.05, 0) is 42.5 Å². The molecular weight excluding hydrogens is 480 g/mol. The summed E-state index contributed by atoms with van der Waals surface area (Å²) in [7, 11) is 0. The number of cyclic esters (lactones) is 1. The zero-order valence-electron chi connectivity index (χ0n) is 19.2. The van der Waals surface area contributed by atoms with E-state index in [9.17, 15) is 19.2 Å². The van der Waals surface area contributed by atoms with Gasteiger partial charge in [-0.15, -0.1) is 0 Å². The summed E-state index contributed by atoms with van der Waals surface area (Å²) >= 11 is 0. The maximum atomic E-state index is 13.3. The van der Waals surface area contributed by atoms with Crippen molar-refractivity contribution >= 4 is 28.8 Å². The van der Waals surface area contributed by atoms with Crippen molar-refractivity contribution in [2.24, 2.45) is 0 Å². The van der Waals surface area contributed by atoms with Crippen molar-refractivity contribution in [1.82, 2.24) is 9.55 Å². The predicted molar refractivity (Wildman–Crippen MR) is 128 cm³/mol. The minimum atomic E-state index is -1.43. The van der Waals surface area contributed by atoms with E-state index in [1.54, 1.807) is 10.6 Å². The molecule has 0 aliphatic carbocycles. The molecule has 6 rings (SSSR count). The monoisotopic (exact) mass is 498 g/mol. The molecule has 0 saturated heterocycles. The number of aromatic nitrogens is 2. The fourth-order valence-corrected chi connectivity index (χ4v) is 4.57. The molecule has 0 unspecified atom stereocenters. The molecule has 10 nitrogen and oxygen atoms in total. The molecule has 0 amide bonds. The summed E-state index contributed by atoms with van der Waals surface area (Å²) in [5, 5.41) is 9.93. The number of fused-ring (bicyclic) bond motifs is 5. The first kappa shape index (κ1) is 22.5. The number of pyridine rings is 2. The van der Waals surface area contributed by atoms with Gasteiger partial charge >= 0.3 is 17.9 Å². The van der Waals surface area contributed by atoms with Crippen molar-refractivity contribution in [3.05, 3.63) is 93.3 Å². The second kappa shape index (κ2) is 8.59. The third kappa shape index (κ3) is 3.88. The van der Waals surface area contributed by atoms with Gasteiger partial charge in [0.05, 0.1) is 34.6 Å². The van der Waals surface area contributed by atoms with E-state index in [4.69, 9.17) is 24.3 Å². The molecule has 4 heterocycles. The van der Waals surface area contributed by atoms with Crippen LogP contribution in [0.5, 0.6) is 5.75 Å². The maximum absolute atomic E-state index is 13.3. The Balaban J connectivity index is 1.28. The number of nitrogens with zero attached hydrogens (tertiary/aromatic N) is 2. The number of hydrogen-bond donors (Lipinski definition) is 1. The van der Waals surface area contributed by atoms with Gasteiger partial charge in [0.2, 0.25) is 6.10 Å². The van der Waals surface area contributed by atoms with Gasteiger partial charge in [0.25, 0.3) is 5.56 Å². The summed E-state index contributed by atoms with van der Waals surface area (Å²) in [5.41, 5.74) is 3.05. The van der Waals surface area contributed by atoms with Gasteiger partial charge in [-0.3, -0.25) is 4.79 Å². The lowest BCUT2D eigenvalue weighted by atomic mass is 10.00. The van der Waals surface area contributed by atoms with E-state index < -0.39 is 30.6 Å². The van der Waals surface area contributed by atoms with Gasteiger partial charge < -0.3 is 23.9 Å². The Hall–Kier alpha value is -4.99. The Morgan fingerprint density at radius 2 is 1.86 bits per heavy atom. The molecular formula is C27H18N2O8. The Bertz CT molecular complexity index is 1670. The van der Waals surface area contributed by atoms with Crippen LogP contribution < -0.4 is 10.3 Å². The summed E-state index contributed by atoms with van der Waals surface area (Å²) in [6, 6.07) is 16.7. The molecule has 1 N–H and O–H groups in total. The molecule has 0 fully saturated rings. The van der Waals surface area contributed by atoms with E-state index in [-0.39, 0.29) is 34.6 Å². The van der Waals surface area contributed by atoms with Crippen LogP contribution in [0.3, 0.4) is 0 Å². The van der Waals surface area contributed by atoms with Crippen LogP contribution in [0, 0.1) is 0 Å². The number of benzene rings is 2. The Labute approximate surface area is 208 Å². The second-order valence-corrected chi connectivity index (χ2v) is 8.64. The molecule has 0 saturated carbocycles. The SMILES string of the molecule is O=C(COc1ccc(C(=O)O)cc1)O[C@@H]1C(=O)OCc2c1cc1n(c2=O)Cc2cc3ccccc3nc2-1. The minimum Gasteiger partial charge on any atom is -0.482 e. The number of rotatable bonds is 5. The number of esters is 2. The molecule has 10 heteroatoms. The summed E-state index contributed by atoms with van der Waals surface area (Å²) in [6.45, 7) is -0.424. The lowest BCUT2D eigenvalue weighted by Crippen LogP contribution is -2.35. The largest absolute Gasteiger partial charge is 0.482 e. The van der Waals surface area contributed by atoms with Gasteiger partial charge in [-0.25, -0.2) is 19.4 Å². The smallest absolute Gasteiger partial charge is 0.352 e.